The number of carbonyl (C=O) groups excluding carboxylic acids is 2. The van der Waals surface area contributed by atoms with Crippen molar-refractivity contribution in [3.63, 3.8) is 0 Å². The molecule has 7 nitrogen and oxygen atoms in total. The van der Waals surface area contributed by atoms with Crippen LogP contribution in [0.2, 0.25) is 5.02 Å². The molecule has 4 rings (SSSR count). The molecule has 2 amide bonds. The molecule has 0 spiro atoms. The summed E-state index contributed by atoms with van der Waals surface area (Å²) in [5.41, 5.74) is 2.54. The normalized spacial score (nSPS) is 14.8. The van der Waals surface area contributed by atoms with Gasteiger partial charge in [-0.05, 0) is 42.5 Å². The average molecular weight is 458 g/mol. The van der Waals surface area contributed by atoms with Crippen LogP contribution < -0.4 is 20.1 Å². The minimum absolute atomic E-state index is 0.0808. The van der Waals surface area contributed by atoms with E-state index in [-0.39, 0.29) is 24.5 Å². The molecule has 0 saturated heterocycles. The molecule has 2 N–H and O–H groups in total. The van der Waals surface area contributed by atoms with E-state index >= 15 is 0 Å². The summed E-state index contributed by atoms with van der Waals surface area (Å²) in [7, 11) is 0. The van der Waals surface area contributed by atoms with Gasteiger partial charge in [0.1, 0.15) is 11.5 Å². The van der Waals surface area contributed by atoms with Crippen LogP contribution in [-0.4, -0.2) is 30.0 Å². The first-order valence-electron chi connectivity index (χ1n) is 9.66. The van der Waals surface area contributed by atoms with Gasteiger partial charge in [-0.25, -0.2) is 4.98 Å². The maximum Gasteiger partial charge on any atom is 0.264 e. The number of anilines is 1. The molecule has 3 aromatic rings. The van der Waals surface area contributed by atoms with Crippen molar-refractivity contribution in [3.8, 4) is 22.8 Å². The molecule has 160 valence electrons. The van der Waals surface area contributed by atoms with Crippen molar-refractivity contribution in [3.05, 3.63) is 58.4 Å². The van der Waals surface area contributed by atoms with E-state index < -0.39 is 0 Å². The molecule has 1 atom stereocenters. The van der Waals surface area contributed by atoms with Crippen LogP contribution in [0, 0.1) is 0 Å². The van der Waals surface area contributed by atoms with Gasteiger partial charge in [-0.15, -0.1) is 11.3 Å². The Morgan fingerprint density at radius 2 is 2.06 bits per heavy atom. The minimum Gasteiger partial charge on any atom is -0.493 e. The number of ether oxygens (including phenoxy) is 2. The number of thiazole rings is 1. The van der Waals surface area contributed by atoms with Gasteiger partial charge < -0.3 is 14.8 Å². The molecular weight excluding hydrogens is 438 g/mol. The highest BCUT2D eigenvalue weighted by atomic mass is 35.5. The number of benzene rings is 2. The van der Waals surface area contributed by atoms with Crippen molar-refractivity contribution in [1.82, 2.24) is 10.3 Å². The molecule has 0 saturated carbocycles. The predicted molar refractivity (Wildman–Crippen MR) is 120 cm³/mol. The zero-order chi connectivity index (χ0) is 21.8. The topological polar surface area (TPSA) is 89.6 Å². The van der Waals surface area contributed by atoms with Crippen LogP contribution in [0.4, 0.5) is 5.13 Å². The highest BCUT2D eigenvalue weighted by molar-refractivity contribution is 7.14. The molecule has 1 aliphatic rings. The number of amides is 2. The molecular formula is C22H20ClN3O4S. The van der Waals surface area contributed by atoms with Crippen molar-refractivity contribution < 1.29 is 19.1 Å². The van der Waals surface area contributed by atoms with Crippen molar-refractivity contribution in [1.29, 1.82) is 0 Å². The van der Waals surface area contributed by atoms with E-state index in [4.69, 9.17) is 21.1 Å². The van der Waals surface area contributed by atoms with Crippen molar-refractivity contribution in [2.75, 3.05) is 18.5 Å². The number of fused-ring (bicyclic) bond motifs is 1. The zero-order valence-corrected chi connectivity index (χ0v) is 18.3. The Morgan fingerprint density at radius 3 is 2.84 bits per heavy atom. The van der Waals surface area contributed by atoms with Crippen LogP contribution in [0.5, 0.6) is 11.5 Å². The average Bonchev–Trinajstić information content (AvgIpc) is 3.21. The van der Waals surface area contributed by atoms with Crippen molar-refractivity contribution in [2.24, 2.45) is 0 Å². The van der Waals surface area contributed by atoms with Crippen LogP contribution in [-0.2, 0) is 9.59 Å². The second kappa shape index (κ2) is 9.36. The van der Waals surface area contributed by atoms with Gasteiger partial charge in [0, 0.05) is 34.9 Å². The van der Waals surface area contributed by atoms with E-state index in [1.165, 1.54) is 18.3 Å². The first-order valence-corrected chi connectivity index (χ1v) is 10.9. The Kier molecular flexibility index (Phi) is 6.39. The van der Waals surface area contributed by atoms with E-state index in [0.717, 1.165) is 22.6 Å². The Morgan fingerprint density at radius 1 is 1.26 bits per heavy atom. The summed E-state index contributed by atoms with van der Waals surface area (Å²) < 4.78 is 11.2. The summed E-state index contributed by atoms with van der Waals surface area (Å²) >= 11 is 7.16. The Bertz CT molecular complexity index is 1100. The molecule has 0 aliphatic carbocycles. The summed E-state index contributed by atoms with van der Waals surface area (Å²) in [4.78, 5) is 28.2. The molecule has 1 unspecified atom stereocenters. The van der Waals surface area contributed by atoms with Gasteiger partial charge in [-0.2, -0.15) is 0 Å². The van der Waals surface area contributed by atoms with E-state index in [1.54, 1.807) is 24.3 Å². The first-order chi connectivity index (χ1) is 15.0. The van der Waals surface area contributed by atoms with Crippen LogP contribution in [0.3, 0.4) is 0 Å². The van der Waals surface area contributed by atoms with E-state index in [0.29, 0.717) is 28.9 Å². The number of nitrogens with zero attached hydrogens (tertiary/aromatic N) is 1. The lowest BCUT2D eigenvalue weighted by Crippen LogP contribution is -2.30. The predicted octanol–water partition coefficient (Wildman–Crippen LogP) is 4.44. The van der Waals surface area contributed by atoms with E-state index in [1.807, 2.05) is 23.6 Å². The quantitative estimate of drug-likeness (QED) is 0.571. The first kappa shape index (κ1) is 21.1. The summed E-state index contributed by atoms with van der Waals surface area (Å²) in [6.07, 6.45) is 0.710. The number of halogens is 1. The van der Waals surface area contributed by atoms with Gasteiger partial charge >= 0.3 is 0 Å². The van der Waals surface area contributed by atoms with Crippen LogP contribution >= 0.6 is 22.9 Å². The third-order valence-electron chi connectivity index (χ3n) is 4.66. The lowest BCUT2D eigenvalue weighted by molar-refractivity contribution is -0.120. The van der Waals surface area contributed by atoms with Crippen molar-refractivity contribution >= 4 is 39.9 Å². The maximum absolute atomic E-state index is 12.2. The monoisotopic (exact) mass is 457 g/mol. The van der Waals surface area contributed by atoms with Crippen LogP contribution in [0.15, 0.2) is 47.8 Å². The molecule has 31 heavy (non-hydrogen) atoms. The second-order valence-corrected chi connectivity index (χ2v) is 8.27. The lowest BCUT2D eigenvalue weighted by atomic mass is 9.97. The third kappa shape index (κ3) is 5.34. The maximum atomic E-state index is 12.2. The largest absolute Gasteiger partial charge is 0.493 e. The Labute approximate surface area is 188 Å². The second-order valence-electron chi connectivity index (χ2n) is 6.97. The highest BCUT2D eigenvalue weighted by Gasteiger charge is 2.23. The molecule has 2 aromatic carbocycles. The van der Waals surface area contributed by atoms with Gasteiger partial charge in [-0.1, -0.05) is 11.6 Å². The van der Waals surface area contributed by atoms with Crippen LogP contribution in [0.1, 0.15) is 24.9 Å². The highest BCUT2D eigenvalue weighted by Crippen LogP contribution is 2.36. The molecule has 0 bridgehead atoms. The lowest BCUT2D eigenvalue weighted by Gasteiger charge is -2.26. The molecule has 9 heteroatoms. The van der Waals surface area contributed by atoms with Gasteiger partial charge in [0.25, 0.3) is 5.91 Å². The Balaban J connectivity index is 1.42. The number of hydrogen-bond donors (Lipinski definition) is 2. The fourth-order valence-corrected chi connectivity index (χ4v) is 4.11. The number of carbonyl (C=O) groups is 2. The number of rotatable bonds is 6. The zero-order valence-electron chi connectivity index (χ0n) is 16.7. The van der Waals surface area contributed by atoms with Gasteiger partial charge in [0.15, 0.2) is 11.7 Å². The summed E-state index contributed by atoms with van der Waals surface area (Å²) in [6.45, 7) is 1.93. The summed E-state index contributed by atoms with van der Waals surface area (Å²) in [6, 6.07) is 12.5. The van der Waals surface area contributed by atoms with Gasteiger partial charge in [0.2, 0.25) is 5.91 Å². The fraction of sp³-hybridized carbons (Fsp3) is 0.227. The molecule has 0 fully saturated rings. The van der Waals surface area contributed by atoms with Crippen LogP contribution in [0.25, 0.3) is 11.3 Å². The van der Waals surface area contributed by atoms with E-state index in [2.05, 4.69) is 15.6 Å². The summed E-state index contributed by atoms with van der Waals surface area (Å²) in [5.74, 6) is 0.935. The van der Waals surface area contributed by atoms with E-state index in [9.17, 15) is 9.59 Å². The minimum atomic E-state index is -0.305. The summed E-state index contributed by atoms with van der Waals surface area (Å²) in [5, 5.41) is 8.66. The molecule has 0 radical (unpaired) electrons. The molecule has 2 heterocycles. The Hall–Kier alpha value is -3.10. The smallest absolute Gasteiger partial charge is 0.264 e. The van der Waals surface area contributed by atoms with Gasteiger partial charge in [0.05, 0.1) is 18.3 Å². The van der Waals surface area contributed by atoms with Crippen molar-refractivity contribution in [2.45, 2.75) is 19.4 Å². The standard InChI is InChI=1S/C22H20ClN3O4S/c1-13(27)24-18-8-9-29-20-7-2-14(10-17(18)20)19-12-31-22(25-19)26-21(28)11-30-16-5-3-15(23)4-6-16/h2-7,10,12,18H,8-9,11H2,1H3,(H,24,27)(H,25,26,28). The molecule has 1 aliphatic heterocycles. The molecule has 1 aromatic heterocycles. The number of nitrogens with one attached hydrogen (secondary N) is 2. The third-order valence-corrected chi connectivity index (χ3v) is 5.67. The number of hydrogen-bond acceptors (Lipinski definition) is 6. The van der Waals surface area contributed by atoms with Gasteiger partial charge in [-0.3, -0.25) is 14.9 Å². The fourth-order valence-electron chi connectivity index (χ4n) is 3.25. The number of aromatic nitrogens is 1. The SMILES string of the molecule is CC(=O)NC1CCOc2ccc(-c3csc(NC(=O)COc4ccc(Cl)cc4)n3)cc21.